The van der Waals surface area contributed by atoms with E-state index < -0.39 is 6.10 Å². The van der Waals surface area contributed by atoms with Crippen molar-refractivity contribution < 1.29 is 24.4 Å². The number of aromatic amines is 1. The number of phenolic OH excluding ortho intramolecular Hbond substituents is 1. The zero-order chi connectivity index (χ0) is 21.6. The summed E-state index contributed by atoms with van der Waals surface area (Å²) in [6.07, 6.45) is -0.680. The Balaban J connectivity index is 1.28. The van der Waals surface area contributed by atoms with Gasteiger partial charge in [-0.25, -0.2) is 0 Å². The van der Waals surface area contributed by atoms with Crippen LogP contribution in [-0.2, 0) is 0 Å². The molecule has 0 radical (unpaired) electrons. The minimum Gasteiger partial charge on any atom is -0.506 e. The van der Waals surface area contributed by atoms with Gasteiger partial charge in [0.15, 0.2) is 11.5 Å². The molecule has 0 saturated carbocycles. The van der Waals surface area contributed by atoms with Gasteiger partial charge in [0.2, 0.25) is 0 Å². The number of hydrogen-bond donors (Lipinski definition) is 4. The minimum atomic E-state index is -0.680. The summed E-state index contributed by atoms with van der Waals surface area (Å²) in [5, 5.41) is 25.3. The van der Waals surface area contributed by atoms with E-state index in [9.17, 15) is 10.2 Å². The summed E-state index contributed by atoms with van der Waals surface area (Å²) < 4.78 is 16.9. The molecule has 4 aromatic rings. The molecule has 0 saturated heterocycles. The fourth-order valence-corrected chi connectivity index (χ4v) is 3.53. The number of phenols is 1. The number of nitrogens with one attached hydrogen (secondary N) is 2. The number of aromatic hydroxyl groups is 1. The van der Waals surface area contributed by atoms with Crippen molar-refractivity contribution in [2.75, 3.05) is 33.4 Å². The van der Waals surface area contributed by atoms with Gasteiger partial charge >= 0.3 is 0 Å². The molecule has 3 aromatic carbocycles. The Morgan fingerprint density at radius 3 is 2.55 bits per heavy atom. The molecule has 0 unspecified atom stereocenters. The van der Waals surface area contributed by atoms with Crippen LogP contribution >= 0.6 is 0 Å². The van der Waals surface area contributed by atoms with Crippen molar-refractivity contribution in [1.29, 1.82) is 0 Å². The highest BCUT2D eigenvalue weighted by Gasteiger charge is 2.13. The van der Waals surface area contributed by atoms with E-state index in [0.717, 1.165) is 16.3 Å². The van der Waals surface area contributed by atoms with Gasteiger partial charge in [-0.2, -0.15) is 0 Å². The number of aromatic nitrogens is 1. The van der Waals surface area contributed by atoms with E-state index in [1.807, 2.05) is 48.5 Å². The van der Waals surface area contributed by atoms with E-state index in [1.165, 1.54) is 0 Å². The number of ether oxygens (including phenoxy) is 3. The Kier molecular flexibility index (Phi) is 6.45. The van der Waals surface area contributed by atoms with Gasteiger partial charge in [0.05, 0.1) is 18.1 Å². The Morgan fingerprint density at radius 1 is 0.935 bits per heavy atom. The summed E-state index contributed by atoms with van der Waals surface area (Å²) in [4.78, 5) is 3.22. The average molecular weight is 422 g/mol. The summed E-state index contributed by atoms with van der Waals surface area (Å²) in [5.74, 6) is 2.23. The van der Waals surface area contributed by atoms with Crippen LogP contribution in [0.4, 0.5) is 0 Å². The van der Waals surface area contributed by atoms with Gasteiger partial charge in [-0.15, -0.1) is 0 Å². The van der Waals surface area contributed by atoms with E-state index in [0.29, 0.717) is 42.5 Å². The highest BCUT2D eigenvalue weighted by molar-refractivity contribution is 6.11. The van der Waals surface area contributed by atoms with Crippen LogP contribution in [0.3, 0.4) is 0 Å². The van der Waals surface area contributed by atoms with Crippen LogP contribution in [0.25, 0.3) is 21.8 Å². The SMILES string of the molecule is COc1ccccc1OCCNC[C@H](O)COc1cccc2[nH]c3c(O)cccc3c12. The van der Waals surface area contributed by atoms with Crippen LogP contribution in [0.1, 0.15) is 0 Å². The maximum absolute atomic E-state index is 10.3. The lowest BCUT2D eigenvalue weighted by Gasteiger charge is -2.15. The maximum Gasteiger partial charge on any atom is 0.161 e. The molecule has 0 amide bonds. The number of fused-ring (bicyclic) bond motifs is 3. The summed E-state index contributed by atoms with van der Waals surface area (Å²) in [5.41, 5.74) is 1.54. The molecule has 1 heterocycles. The fraction of sp³-hybridized carbons (Fsp3) is 0.250. The van der Waals surface area contributed by atoms with Crippen LogP contribution in [0.15, 0.2) is 60.7 Å². The molecule has 4 rings (SSSR count). The van der Waals surface area contributed by atoms with Gasteiger partial charge in [0, 0.05) is 23.9 Å². The van der Waals surface area contributed by atoms with Crippen LogP contribution in [0.2, 0.25) is 0 Å². The predicted octanol–water partition coefficient (Wildman–Crippen LogP) is 3.44. The lowest BCUT2D eigenvalue weighted by molar-refractivity contribution is 0.106. The zero-order valence-corrected chi connectivity index (χ0v) is 17.3. The monoisotopic (exact) mass is 422 g/mol. The predicted molar refractivity (Wildman–Crippen MR) is 120 cm³/mol. The molecule has 7 heteroatoms. The van der Waals surface area contributed by atoms with Crippen molar-refractivity contribution >= 4 is 21.8 Å². The molecule has 0 bridgehead atoms. The summed E-state index contributed by atoms with van der Waals surface area (Å²) in [6, 6.07) is 18.5. The van der Waals surface area contributed by atoms with E-state index in [-0.39, 0.29) is 12.4 Å². The van der Waals surface area contributed by atoms with Crippen LogP contribution < -0.4 is 19.5 Å². The van der Waals surface area contributed by atoms with Crippen molar-refractivity contribution in [2.24, 2.45) is 0 Å². The second-order valence-corrected chi connectivity index (χ2v) is 7.17. The molecule has 162 valence electrons. The van der Waals surface area contributed by atoms with Crippen molar-refractivity contribution in [1.82, 2.24) is 10.3 Å². The van der Waals surface area contributed by atoms with E-state index in [2.05, 4.69) is 10.3 Å². The number of para-hydroxylation sites is 3. The number of benzene rings is 3. The van der Waals surface area contributed by atoms with E-state index >= 15 is 0 Å². The fourth-order valence-electron chi connectivity index (χ4n) is 3.53. The van der Waals surface area contributed by atoms with Gasteiger partial charge in [-0.05, 0) is 30.3 Å². The van der Waals surface area contributed by atoms with Gasteiger partial charge in [0.25, 0.3) is 0 Å². The van der Waals surface area contributed by atoms with Crippen LogP contribution in [-0.4, -0.2) is 54.7 Å². The lowest BCUT2D eigenvalue weighted by Crippen LogP contribution is -2.33. The molecule has 31 heavy (non-hydrogen) atoms. The van der Waals surface area contributed by atoms with Crippen molar-refractivity contribution in [3.8, 4) is 23.0 Å². The number of aliphatic hydroxyl groups is 1. The molecule has 0 aliphatic rings. The highest BCUT2D eigenvalue weighted by atomic mass is 16.5. The lowest BCUT2D eigenvalue weighted by atomic mass is 10.1. The Hall–Kier alpha value is -3.42. The normalized spacial score (nSPS) is 12.2. The summed E-state index contributed by atoms with van der Waals surface area (Å²) >= 11 is 0. The number of rotatable bonds is 10. The second-order valence-electron chi connectivity index (χ2n) is 7.17. The third kappa shape index (κ3) is 4.68. The topological polar surface area (TPSA) is 96.0 Å². The Morgan fingerprint density at radius 2 is 1.71 bits per heavy atom. The quantitative estimate of drug-likeness (QED) is 0.293. The number of hydrogen-bond acceptors (Lipinski definition) is 6. The van der Waals surface area contributed by atoms with Gasteiger partial charge in [-0.1, -0.05) is 30.3 Å². The van der Waals surface area contributed by atoms with Gasteiger partial charge in [0.1, 0.15) is 30.8 Å². The molecular weight excluding hydrogens is 396 g/mol. The van der Waals surface area contributed by atoms with Crippen molar-refractivity contribution in [2.45, 2.75) is 6.10 Å². The van der Waals surface area contributed by atoms with E-state index in [1.54, 1.807) is 19.2 Å². The first-order valence-electron chi connectivity index (χ1n) is 10.2. The molecule has 4 N–H and O–H groups in total. The second kappa shape index (κ2) is 9.59. The Labute approximate surface area is 180 Å². The van der Waals surface area contributed by atoms with E-state index in [4.69, 9.17) is 14.2 Å². The zero-order valence-electron chi connectivity index (χ0n) is 17.3. The van der Waals surface area contributed by atoms with Gasteiger partial charge < -0.3 is 34.7 Å². The minimum absolute atomic E-state index is 0.144. The molecule has 0 fully saturated rings. The molecule has 7 nitrogen and oxygen atoms in total. The smallest absolute Gasteiger partial charge is 0.161 e. The highest BCUT2D eigenvalue weighted by Crippen LogP contribution is 2.36. The largest absolute Gasteiger partial charge is 0.506 e. The first-order chi connectivity index (χ1) is 15.2. The molecule has 1 atom stereocenters. The van der Waals surface area contributed by atoms with Crippen molar-refractivity contribution in [3.63, 3.8) is 0 Å². The summed E-state index contributed by atoms with van der Waals surface area (Å²) in [7, 11) is 1.61. The molecule has 0 aliphatic carbocycles. The molecule has 1 aromatic heterocycles. The third-order valence-corrected chi connectivity index (χ3v) is 5.01. The third-order valence-electron chi connectivity index (χ3n) is 5.01. The summed E-state index contributed by atoms with van der Waals surface area (Å²) in [6.45, 7) is 1.55. The number of methoxy groups -OCH3 is 1. The molecule has 0 aliphatic heterocycles. The first-order valence-corrected chi connectivity index (χ1v) is 10.2. The molecule has 0 spiro atoms. The first kappa shape index (κ1) is 20.8. The standard InChI is InChI=1S/C24H26N2O5/c1-29-20-9-2-3-10-21(20)30-13-12-25-14-16(27)15-31-22-11-5-7-18-23(22)17-6-4-8-19(28)24(17)26-18/h2-11,16,25-28H,12-15H2,1H3/t16-/m0/s1. The number of aliphatic hydroxyl groups excluding tert-OH is 1. The van der Waals surface area contributed by atoms with Crippen LogP contribution in [0, 0.1) is 0 Å². The van der Waals surface area contributed by atoms with Crippen LogP contribution in [0.5, 0.6) is 23.0 Å². The van der Waals surface area contributed by atoms with Gasteiger partial charge in [-0.3, -0.25) is 0 Å². The maximum atomic E-state index is 10.3. The Bertz CT molecular complexity index is 1160. The molecular formula is C24H26N2O5. The van der Waals surface area contributed by atoms with Crippen molar-refractivity contribution in [3.05, 3.63) is 60.7 Å². The average Bonchev–Trinajstić information content (AvgIpc) is 3.18. The number of H-pyrrole nitrogens is 1.